The molecule has 0 saturated heterocycles. The fourth-order valence-electron chi connectivity index (χ4n) is 2.04. The van der Waals surface area contributed by atoms with E-state index in [1.165, 1.54) is 13.0 Å². The van der Waals surface area contributed by atoms with E-state index in [0.717, 1.165) is 11.6 Å². The number of aryl methyl sites for hydroxylation is 1. The normalized spacial score (nSPS) is 17.6. The predicted molar refractivity (Wildman–Crippen MR) is 71.3 cm³/mol. The van der Waals surface area contributed by atoms with Crippen molar-refractivity contribution in [2.45, 2.75) is 26.1 Å². The summed E-state index contributed by atoms with van der Waals surface area (Å²) in [6, 6.07) is 3.09. The van der Waals surface area contributed by atoms with Crippen molar-refractivity contribution in [3.05, 3.63) is 33.9 Å². The van der Waals surface area contributed by atoms with Gasteiger partial charge in [0, 0.05) is 5.56 Å². The molecular formula is C14H12ClF3O3. The summed E-state index contributed by atoms with van der Waals surface area (Å²) in [5.74, 6) is -1.14. The van der Waals surface area contributed by atoms with Gasteiger partial charge in [-0.25, -0.2) is 4.79 Å². The molecule has 0 fully saturated rings. The first-order chi connectivity index (χ1) is 9.74. The van der Waals surface area contributed by atoms with Crippen LogP contribution in [0.5, 0.6) is 5.75 Å². The Balaban J connectivity index is 2.55. The van der Waals surface area contributed by atoms with Gasteiger partial charge in [-0.1, -0.05) is 11.6 Å². The SMILES string of the molecule is CCOC(=O)C1=Cc2cc(C)cc(Cl)c2O[C@@H]1C(F)(F)F. The first-order valence-corrected chi connectivity index (χ1v) is 6.54. The Hall–Kier alpha value is -1.69. The van der Waals surface area contributed by atoms with Crippen LogP contribution in [0.3, 0.4) is 0 Å². The number of esters is 1. The van der Waals surface area contributed by atoms with E-state index in [2.05, 4.69) is 4.74 Å². The number of hydrogen-bond donors (Lipinski definition) is 0. The molecular weight excluding hydrogens is 309 g/mol. The van der Waals surface area contributed by atoms with E-state index in [1.807, 2.05) is 0 Å². The number of carbonyl (C=O) groups is 1. The topological polar surface area (TPSA) is 35.5 Å². The number of fused-ring (bicyclic) bond motifs is 1. The number of ether oxygens (including phenoxy) is 2. The fraction of sp³-hybridized carbons (Fsp3) is 0.357. The largest absolute Gasteiger partial charge is 0.474 e. The van der Waals surface area contributed by atoms with Crippen molar-refractivity contribution in [3.63, 3.8) is 0 Å². The minimum absolute atomic E-state index is 0.0256. The molecule has 1 heterocycles. The lowest BCUT2D eigenvalue weighted by Crippen LogP contribution is -2.40. The lowest BCUT2D eigenvalue weighted by Gasteiger charge is -2.28. The van der Waals surface area contributed by atoms with Crippen molar-refractivity contribution < 1.29 is 27.4 Å². The zero-order valence-corrected chi connectivity index (χ0v) is 12.0. The summed E-state index contributed by atoms with van der Waals surface area (Å²) in [6.07, 6.45) is -6.01. The zero-order valence-electron chi connectivity index (χ0n) is 11.3. The van der Waals surface area contributed by atoms with Crippen LogP contribution in [0, 0.1) is 6.92 Å². The molecule has 2 rings (SSSR count). The van der Waals surface area contributed by atoms with Crippen LogP contribution < -0.4 is 4.74 Å². The summed E-state index contributed by atoms with van der Waals surface area (Å²) in [4.78, 5) is 11.7. The van der Waals surface area contributed by atoms with Crippen molar-refractivity contribution in [1.29, 1.82) is 0 Å². The number of alkyl halides is 3. The number of benzene rings is 1. The number of rotatable bonds is 2. The average Bonchev–Trinajstić information content (AvgIpc) is 2.36. The van der Waals surface area contributed by atoms with Crippen molar-refractivity contribution in [2.24, 2.45) is 0 Å². The number of hydrogen-bond acceptors (Lipinski definition) is 3. The van der Waals surface area contributed by atoms with Gasteiger partial charge in [-0.3, -0.25) is 0 Å². The molecule has 0 saturated carbocycles. The Labute approximate surface area is 124 Å². The van der Waals surface area contributed by atoms with E-state index in [9.17, 15) is 18.0 Å². The minimum Gasteiger partial charge on any atom is -0.474 e. The molecule has 1 aromatic rings. The second-order valence-electron chi connectivity index (χ2n) is 4.52. The van der Waals surface area contributed by atoms with Crippen LogP contribution in [0.2, 0.25) is 5.02 Å². The minimum atomic E-state index is -4.75. The van der Waals surface area contributed by atoms with E-state index >= 15 is 0 Å². The van der Waals surface area contributed by atoms with Crippen LogP contribution in [-0.2, 0) is 9.53 Å². The maximum Gasteiger partial charge on any atom is 0.430 e. The highest BCUT2D eigenvalue weighted by Gasteiger charge is 2.49. The van der Waals surface area contributed by atoms with Crippen LogP contribution in [0.4, 0.5) is 13.2 Å². The molecule has 0 amide bonds. The van der Waals surface area contributed by atoms with Gasteiger partial charge in [0.05, 0.1) is 17.2 Å². The molecule has 1 aliphatic heterocycles. The molecule has 21 heavy (non-hydrogen) atoms. The van der Waals surface area contributed by atoms with E-state index in [1.54, 1.807) is 13.0 Å². The lowest BCUT2D eigenvalue weighted by molar-refractivity contribution is -0.187. The summed E-state index contributed by atoms with van der Waals surface area (Å²) in [7, 11) is 0. The molecule has 1 aliphatic rings. The molecule has 1 atom stereocenters. The van der Waals surface area contributed by atoms with Gasteiger partial charge in [-0.15, -0.1) is 0 Å². The van der Waals surface area contributed by atoms with E-state index in [-0.39, 0.29) is 17.4 Å². The van der Waals surface area contributed by atoms with E-state index in [0.29, 0.717) is 5.56 Å². The smallest absolute Gasteiger partial charge is 0.430 e. The number of carbonyl (C=O) groups excluding carboxylic acids is 1. The Kier molecular flexibility index (Phi) is 4.18. The summed E-state index contributed by atoms with van der Waals surface area (Å²) in [5.41, 5.74) is 0.481. The second kappa shape index (κ2) is 5.60. The molecule has 0 radical (unpaired) electrons. The van der Waals surface area contributed by atoms with Gasteiger partial charge in [-0.05, 0) is 37.6 Å². The second-order valence-corrected chi connectivity index (χ2v) is 4.93. The lowest BCUT2D eigenvalue weighted by atomic mass is 10.00. The molecule has 0 aromatic heterocycles. The third kappa shape index (κ3) is 3.15. The molecule has 114 valence electrons. The molecule has 0 aliphatic carbocycles. The Bertz CT molecular complexity index is 608. The third-order valence-electron chi connectivity index (χ3n) is 2.85. The van der Waals surface area contributed by atoms with E-state index in [4.69, 9.17) is 16.3 Å². The highest BCUT2D eigenvalue weighted by Crippen LogP contribution is 2.41. The van der Waals surface area contributed by atoms with Gasteiger partial charge in [0.15, 0.2) is 0 Å². The first kappa shape index (κ1) is 15.7. The Morgan fingerprint density at radius 1 is 1.43 bits per heavy atom. The Morgan fingerprint density at radius 2 is 2.10 bits per heavy atom. The molecule has 7 heteroatoms. The summed E-state index contributed by atoms with van der Waals surface area (Å²) < 4.78 is 48.8. The van der Waals surface area contributed by atoms with Gasteiger partial charge in [0.1, 0.15) is 5.75 Å². The molecule has 0 N–H and O–H groups in total. The highest BCUT2D eigenvalue weighted by atomic mass is 35.5. The average molecular weight is 321 g/mol. The molecule has 0 unspecified atom stereocenters. The van der Waals surface area contributed by atoms with Crippen molar-refractivity contribution in [1.82, 2.24) is 0 Å². The number of halogens is 4. The quantitative estimate of drug-likeness (QED) is 0.775. The maximum atomic E-state index is 13.1. The van der Waals surface area contributed by atoms with Crippen LogP contribution in [0.15, 0.2) is 17.7 Å². The standard InChI is InChI=1S/C14H12ClF3O3/c1-3-20-13(19)9-6-8-4-7(2)5-10(15)11(8)21-12(9)14(16,17)18/h4-6,12H,3H2,1-2H3/t12-/m0/s1. The van der Waals surface area contributed by atoms with Crippen LogP contribution >= 0.6 is 11.6 Å². The summed E-state index contributed by atoms with van der Waals surface area (Å²) in [6.45, 7) is 3.22. The summed E-state index contributed by atoms with van der Waals surface area (Å²) in [5, 5.41) is 0.0680. The van der Waals surface area contributed by atoms with Crippen molar-refractivity contribution in [3.8, 4) is 5.75 Å². The van der Waals surface area contributed by atoms with Crippen LogP contribution in [0.1, 0.15) is 18.1 Å². The van der Waals surface area contributed by atoms with Gasteiger partial charge in [0.25, 0.3) is 0 Å². The predicted octanol–water partition coefficient (Wildman–Crippen LogP) is 3.92. The van der Waals surface area contributed by atoms with Gasteiger partial charge in [-0.2, -0.15) is 13.2 Å². The molecule has 0 bridgehead atoms. The van der Waals surface area contributed by atoms with Crippen molar-refractivity contribution in [2.75, 3.05) is 6.61 Å². The van der Waals surface area contributed by atoms with Crippen molar-refractivity contribution >= 4 is 23.6 Å². The molecule has 1 aromatic carbocycles. The maximum absolute atomic E-state index is 13.1. The van der Waals surface area contributed by atoms with Gasteiger partial charge in [0.2, 0.25) is 6.10 Å². The zero-order chi connectivity index (χ0) is 15.8. The fourth-order valence-corrected chi connectivity index (χ4v) is 2.36. The molecule has 0 spiro atoms. The molecule has 3 nitrogen and oxygen atoms in total. The van der Waals surface area contributed by atoms with Gasteiger partial charge < -0.3 is 9.47 Å². The monoisotopic (exact) mass is 320 g/mol. The van der Waals surface area contributed by atoms with Crippen LogP contribution in [0.25, 0.3) is 6.08 Å². The Morgan fingerprint density at radius 3 is 2.67 bits per heavy atom. The third-order valence-corrected chi connectivity index (χ3v) is 3.14. The van der Waals surface area contributed by atoms with Crippen LogP contribution in [-0.4, -0.2) is 24.9 Å². The van der Waals surface area contributed by atoms with E-state index < -0.39 is 23.8 Å². The highest BCUT2D eigenvalue weighted by molar-refractivity contribution is 6.32. The van der Waals surface area contributed by atoms with Gasteiger partial charge >= 0.3 is 12.1 Å². The first-order valence-electron chi connectivity index (χ1n) is 6.16. The summed E-state index contributed by atoms with van der Waals surface area (Å²) >= 11 is 5.91.